The fraction of sp³-hybridized carbons (Fsp3) is 0.300. The molecule has 2 aliphatic rings. The predicted molar refractivity (Wildman–Crippen MR) is 103 cm³/mol. The van der Waals surface area contributed by atoms with Gasteiger partial charge >= 0.3 is 0 Å². The molecular weight excluding hydrogens is 384 g/mol. The lowest BCUT2D eigenvalue weighted by Crippen LogP contribution is -2.30. The molecule has 1 fully saturated rings. The number of rotatable bonds is 5. The average Bonchev–Trinajstić information content (AvgIpc) is 3.09. The van der Waals surface area contributed by atoms with E-state index in [2.05, 4.69) is 0 Å². The lowest BCUT2D eigenvalue weighted by Gasteiger charge is -2.21. The Bertz CT molecular complexity index is 881. The first-order valence-electron chi connectivity index (χ1n) is 8.69. The monoisotopic (exact) mass is 404 g/mol. The largest absolute Gasteiger partial charge is 0.488 e. The second kappa shape index (κ2) is 8.48. The van der Waals surface area contributed by atoms with Crippen LogP contribution in [0.15, 0.2) is 75.6 Å². The van der Waals surface area contributed by atoms with Gasteiger partial charge in [-0.15, -0.1) is 0 Å². The van der Waals surface area contributed by atoms with Gasteiger partial charge in [0.05, 0.1) is 57.0 Å². The fourth-order valence-electron chi connectivity index (χ4n) is 3.04. The third kappa shape index (κ3) is 4.38. The van der Waals surface area contributed by atoms with E-state index in [-0.39, 0.29) is 18.0 Å². The molecule has 5 nitrogen and oxygen atoms in total. The van der Waals surface area contributed by atoms with Crippen molar-refractivity contribution in [3.8, 4) is 0 Å². The quantitative estimate of drug-likeness (QED) is 0.767. The molecule has 27 heavy (non-hydrogen) atoms. The van der Waals surface area contributed by atoms with Crippen molar-refractivity contribution in [2.24, 2.45) is 0 Å². The van der Waals surface area contributed by atoms with Gasteiger partial charge in [0, 0.05) is 5.41 Å². The van der Waals surface area contributed by atoms with Crippen LogP contribution in [0, 0.1) is 0 Å². The minimum atomic E-state index is -1.39. The van der Waals surface area contributed by atoms with Crippen LogP contribution in [0.4, 0.5) is 0 Å². The first-order valence-corrected chi connectivity index (χ1v) is 11.2. The molecule has 0 amide bonds. The number of ether oxygens (including phenoxy) is 3. The molecule has 2 heterocycles. The van der Waals surface area contributed by atoms with E-state index in [9.17, 15) is 8.42 Å². The van der Waals surface area contributed by atoms with Crippen LogP contribution in [0.2, 0.25) is 0 Å². The first kappa shape index (κ1) is 18.6. The van der Waals surface area contributed by atoms with Gasteiger partial charge in [-0.2, -0.15) is 0 Å². The molecule has 0 aromatic heterocycles. The summed E-state index contributed by atoms with van der Waals surface area (Å²) in [5.74, 6) is 0.664. The van der Waals surface area contributed by atoms with Gasteiger partial charge in [0.1, 0.15) is 18.0 Å². The molecule has 0 bridgehead atoms. The number of hydrogen-bond acceptors (Lipinski definition) is 5. The fourth-order valence-corrected chi connectivity index (χ4v) is 5.74. The zero-order valence-electron chi connectivity index (χ0n) is 14.6. The molecule has 142 valence electrons. The summed E-state index contributed by atoms with van der Waals surface area (Å²) in [7, 11) is -2.69. The highest BCUT2D eigenvalue weighted by Gasteiger charge is 2.33. The first-order chi connectivity index (χ1) is 13.2. The third-order valence-electron chi connectivity index (χ3n) is 4.41. The molecule has 2 unspecified atom stereocenters. The van der Waals surface area contributed by atoms with Gasteiger partial charge in [0.25, 0.3) is 0 Å². The van der Waals surface area contributed by atoms with Gasteiger partial charge in [-0.3, -0.25) is 4.21 Å². The smallest absolute Gasteiger partial charge is 0.150 e. The van der Waals surface area contributed by atoms with Crippen molar-refractivity contribution in [1.82, 2.24) is 0 Å². The molecule has 4 atom stereocenters. The van der Waals surface area contributed by atoms with Crippen LogP contribution in [0.3, 0.4) is 0 Å². The Kier molecular flexibility index (Phi) is 5.83. The molecule has 2 aliphatic heterocycles. The van der Waals surface area contributed by atoms with Crippen LogP contribution >= 0.6 is 0 Å². The zero-order valence-corrected chi connectivity index (χ0v) is 16.2. The maximum atomic E-state index is 12.6. The van der Waals surface area contributed by atoms with Crippen LogP contribution in [0.25, 0.3) is 0 Å². The van der Waals surface area contributed by atoms with E-state index in [1.165, 1.54) is 0 Å². The van der Waals surface area contributed by atoms with Crippen molar-refractivity contribution in [3.63, 3.8) is 0 Å². The van der Waals surface area contributed by atoms with Gasteiger partial charge in [0.15, 0.2) is 0 Å². The third-order valence-corrected chi connectivity index (χ3v) is 7.20. The van der Waals surface area contributed by atoms with Gasteiger partial charge in [0.2, 0.25) is 0 Å². The molecule has 0 N–H and O–H groups in total. The maximum absolute atomic E-state index is 12.6. The summed E-state index contributed by atoms with van der Waals surface area (Å²) < 4.78 is 42.7. The van der Waals surface area contributed by atoms with E-state index in [1.807, 2.05) is 30.3 Å². The topological polar surface area (TPSA) is 61.8 Å². The molecule has 0 radical (unpaired) electrons. The predicted octanol–water partition coefficient (Wildman–Crippen LogP) is 2.76. The van der Waals surface area contributed by atoms with Crippen LogP contribution in [0.1, 0.15) is 5.56 Å². The molecule has 2 aromatic rings. The average molecular weight is 405 g/mol. The van der Waals surface area contributed by atoms with Crippen molar-refractivity contribution in [3.05, 3.63) is 71.3 Å². The Balaban J connectivity index is 1.43. The summed E-state index contributed by atoms with van der Waals surface area (Å²) in [5.41, 5.74) is 1.08. The Morgan fingerprint density at radius 1 is 0.926 bits per heavy atom. The van der Waals surface area contributed by atoms with Gasteiger partial charge in [-0.25, -0.2) is 4.21 Å². The number of hydrogen-bond donors (Lipinski definition) is 0. The summed E-state index contributed by atoms with van der Waals surface area (Å²) in [5, 5.41) is 1.55. The minimum Gasteiger partial charge on any atom is -0.488 e. The molecule has 4 rings (SSSR count). The summed E-state index contributed by atoms with van der Waals surface area (Å²) in [4.78, 5) is 1.18. The van der Waals surface area contributed by atoms with E-state index in [0.717, 1.165) is 5.56 Å². The molecule has 0 aliphatic carbocycles. The highest BCUT2D eigenvalue weighted by Crippen LogP contribution is 2.27. The van der Waals surface area contributed by atoms with E-state index < -0.39 is 21.6 Å². The van der Waals surface area contributed by atoms with Crippen molar-refractivity contribution in [2.45, 2.75) is 28.6 Å². The molecule has 0 saturated carbocycles. The van der Waals surface area contributed by atoms with Crippen molar-refractivity contribution < 1.29 is 22.6 Å². The summed E-state index contributed by atoms with van der Waals surface area (Å²) >= 11 is 0. The standard InChI is InChI=1S/C20H20O5S2/c21-26-13-16(14-27(22)20-9-5-4-8-19(20)26)25-18-12-23-11-17(18)24-10-15-6-2-1-3-7-15/h1-9,13,17-18H,10-12,14H2/t17-,18+,26?,27?/m0/s1. The maximum Gasteiger partial charge on any atom is 0.150 e. The Hall–Kier alpha value is -1.80. The van der Waals surface area contributed by atoms with Crippen molar-refractivity contribution in [2.75, 3.05) is 19.0 Å². The molecule has 0 spiro atoms. The van der Waals surface area contributed by atoms with Crippen LogP contribution in [-0.4, -0.2) is 39.6 Å². The number of fused-ring (bicyclic) bond motifs is 1. The zero-order chi connectivity index (χ0) is 18.6. The van der Waals surface area contributed by atoms with E-state index >= 15 is 0 Å². The van der Waals surface area contributed by atoms with Gasteiger partial charge < -0.3 is 14.2 Å². The SMILES string of the molecule is O=S1C=C(O[C@@H]2COC[C@@H]2OCc2ccccc2)CS(=O)c2ccccc21. The summed E-state index contributed by atoms with van der Waals surface area (Å²) in [6, 6.07) is 17.0. The van der Waals surface area contributed by atoms with Gasteiger partial charge in [-0.1, -0.05) is 42.5 Å². The normalized spacial score (nSPS) is 27.5. The molecule has 1 saturated heterocycles. The minimum absolute atomic E-state index is 0.199. The summed E-state index contributed by atoms with van der Waals surface area (Å²) in [6.45, 7) is 1.30. The molecular formula is C20H20O5S2. The van der Waals surface area contributed by atoms with E-state index in [0.29, 0.717) is 35.4 Å². The highest BCUT2D eigenvalue weighted by molar-refractivity contribution is 7.90. The second-order valence-corrected chi connectivity index (χ2v) is 9.04. The van der Waals surface area contributed by atoms with Crippen LogP contribution in [-0.2, 0) is 42.4 Å². The van der Waals surface area contributed by atoms with Crippen molar-refractivity contribution >= 4 is 21.6 Å². The van der Waals surface area contributed by atoms with Crippen molar-refractivity contribution in [1.29, 1.82) is 0 Å². The molecule has 2 aromatic carbocycles. The van der Waals surface area contributed by atoms with Gasteiger partial charge in [-0.05, 0) is 17.7 Å². The lowest BCUT2D eigenvalue weighted by atomic mass is 10.2. The van der Waals surface area contributed by atoms with Crippen LogP contribution in [0.5, 0.6) is 0 Å². The van der Waals surface area contributed by atoms with Crippen LogP contribution < -0.4 is 0 Å². The Morgan fingerprint density at radius 3 is 2.44 bits per heavy atom. The van der Waals surface area contributed by atoms with E-state index in [4.69, 9.17) is 14.2 Å². The summed E-state index contributed by atoms with van der Waals surface area (Å²) in [6.07, 6.45) is -0.534. The molecule has 7 heteroatoms. The van der Waals surface area contributed by atoms with E-state index in [1.54, 1.807) is 29.7 Å². The second-order valence-electron chi connectivity index (χ2n) is 6.35. The Morgan fingerprint density at radius 2 is 1.63 bits per heavy atom. The Labute approximate surface area is 163 Å². The highest BCUT2D eigenvalue weighted by atomic mass is 32.2. The lowest BCUT2D eigenvalue weighted by molar-refractivity contribution is -0.0305. The number of benzene rings is 2.